The Bertz CT molecular complexity index is 2240. The minimum Gasteiger partial charge on any atom is -0.458 e. The first kappa shape index (κ1) is 53.2. The fourth-order valence-corrected chi connectivity index (χ4v) is 8.97. The topological polar surface area (TPSA) is 207 Å². The number of hydrogen-bond donors (Lipinski definition) is 2. The van der Waals surface area contributed by atoms with Gasteiger partial charge in [-0.3, -0.25) is 9.88 Å². The summed E-state index contributed by atoms with van der Waals surface area (Å²) in [6.07, 6.45) is 1.34. The third kappa shape index (κ3) is 15.7. The maximum absolute atomic E-state index is 13.8. The smallest absolute Gasteiger partial charge is 0.413 e. The summed E-state index contributed by atoms with van der Waals surface area (Å²) in [5, 5.41) is 5.48. The number of rotatable bonds is 14. The SMILES string of the molecule is CC(C)(C)OC(=O)Nc1ncnc2c1ncn2[C@@H]1O[C@H](CN(CCC(NC(=O)OC(C)(C)C)C(=O)OC(C)(C)C)CC2CC(CCc3ccccc3)CN(C(=O)OC(C)(C)C)C2)[C@H]2OC(C)(C)O[C@H]21. The number of aryl methyl sites for hydroxylation is 1. The van der Waals surface area contributed by atoms with Crippen molar-refractivity contribution in [3.63, 3.8) is 0 Å². The number of nitrogens with zero attached hydrogens (tertiary/aromatic N) is 6. The van der Waals surface area contributed by atoms with Gasteiger partial charge < -0.3 is 48.3 Å². The van der Waals surface area contributed by atoms with E-state index in [1.807, 2.05) is 57.7 Å². The first-order valence-corrected chi connectivity index (χ1v) is 24.1. The van der Waals surface area contributed by atoms with Gasteiger partial charge in [0.25, 0.3) is 0 Å². The van der Waals surface area contributed by atoms with Gasteiger partial charge in [0.05, 0.1) is 6.33 Å². The first-order chi connectivity index (χ1) is 32.0. The van der Waals surface area contributed by atoms with Crippen LogP contribution in [0.15, 0.2) is 43.0 Å². The zero-order chi connectivity index (χ0) is 50.7. The molecule has 3 unspecified atom stereocenters. The number of likely N-dealkylation sites (tertiary alicyclic amines) is 1. The van der Waals surface area contributed by atoms with Crippen LogP contribution < -0.4 is 10.6 Å². The van der Waals surface area contributed by atoms with Gasteiger partial charge in [-0.2, -0.15) is 0 Å². The van der Waals surface area contributed by atoms with Crippen molar-refractivity contribution in [2.75, 3.05) is 38.0 Å². The predicted molar refractivity (Wildman–Crippen MR) is 257 cm³/mol. The van der Waals surface area contributed by atoms with Crippen LogP contribution in [0.2, 0.25) is 0 Å². The molecule has 6 rings (SSSR count). The van der Waals surface area contributed by atoms with Crippen LogP contribution >= 0.6 is 0 Å². The number of nitrogens with one attached hydrogen (secondary N) is 2. The first-order valence-electron chi connectivity index (χ1n) is 24.1. The number of carbonyl (C=O) groups is 4. The number of piperidine rings is 1. The normalized spacial score (nSPS) is 23.3. The van der Waals surface area contributed by atoms with Crippen molar-refractivity contribution in [1.82, 2.24) is 34.6 Å². The maximum atomic E-state index is 13.8. The van der Waals surface area contributed by atoms with E-state index in [9.17, 15) is 19.2 Å². The van der Waals surface area contributed by atoms with Gasteiger partial charge >= 0.3 is 24.2 Å². The van der Waals surface area contributed by atoms with Crippen LogP contribution in [0.1, 0.15) is 128 Å². The average Bonchev–Trinajstić information content (AvgIpc) is 3.87. The molecule has 0 saturated carbocycles. The second-order valence-electron chi connectivity index (χ2n) is 23.0. The maximum Gasteiger partial charge on any atom is 0.413 e. The summed E-state index contributed by atoms with van der Waals surface area (Å²) in [6.45, 7) is 27.3. The highest BCUT2D eigenvalue weighted by Gasteiger charge is 2.56. The molecule has 0 aliphatic carbocycles. The van der Waals surface area contributed by atoms with E-state index in [2.05, 4.69) is 42.6 Å². The standard InChI is InChI=1S/C50H76N8O11/c1-46(2,3)66-42(59)34(54-43(60)67-47(4,5)6)22-23-56(25-33-24-32(21-20-31-18-16-15-17-19-31)26-57(27-33)45(62)69-49(10,11)12)28-35-37-38(65-50(13,14)64-37)41(63-35)58-30-53-36-39(51-29-52-40(36)58)55-44(61)68-48(7,8)9/h15-19,29-30,32-35,37-38,41H,20-28H2,1-14H3,(H,54,60)(H,51,52,55,61)/t32?,33?,34?,35-,37-,38-,41-/m1/s1. The van der Waals surface area contributed by atoms with Crippen LogP contribution in [-0.2, 0) is 44.4 Å². The Balaban J connectivity index is 1.31. The molecule has 3 aliphatic heterocycles. The summed E-state index contributed by atoms with van der Waals surface area (Å²) in [6, 6.07) is 9.27. The fraction of sp³-hybridized carbons (Fsp3) is 0.700. The second kappa shape index (κ2) is 21.1. The number of anilines is 1. The number of amides is 3. The molecule has 2 aromatic heterocycles. The molecular formula is C50H76N8O11. The lowest BCUT2D eigenvalue weighted by atomic mass is 9.85. The van der Waals surface area contributed by atoms with Gasteiger partial charge in [-0.05, 0) is 140 Å². The molecular weight excluding hydrogens is 889 g/mol. The number of aromatic nitrogens is 4. The van der Waals surface area contributed by atoms with Crippen molar-refractivity contribution in [3.8, 4) is 0 Å². The molecule has 3 fully saturated rings. The van der Waals surface area contributed by atoms with E-state index >= 15 is 0 Å². The van der Waals surface area contributed by atoms with E-state index in [0.29, 0.717) is 43.9 Å². The zero-order valence-corrected chi connectivity index (χ0v) is 43.1. The molecule has 382 valence electrons. The molecule has 3 amide bonds. The van der Waals surface area contributed by atoms with Gasteiger partial charge in [0.2, 0.25) is 0 Å². The largest absolute Gasteiger partial charge is 0.458 e. The molecule has 0 bridgehead atoms. The molecule has 69 heavy (non-hydrogen) atoms. The van der Waals surface area contributed by atoms with Crippen LogP contribution in [0.5, 0.6) is 0 Å². The number of carbonyl (C=O) groups excluding carboxylic acids is 4. The van der Waals surface area contributed by atoms with Crippen molar-refractivity contribution >= 4 is 41.2 Å². The van der Waals surface area contributed by atoms with E-state index in [4.69, 9.17) is 33.2 Å². The molecule has 3 saturated heterocycles. The Labute approximate surface area is 407 Å². The number of benzene rings is 1. The molecule has 3 aliphatic rings. The van der Waals surface area contributed by atoms with Crippen molar-refractivity contribution in [1.29, 1.82) is 0 Å². The number of alkyl carbamates (subject to hydrolysis) is 1. The van der Waals surface area contributed by atoms with Crippen LogP contribution in [0.3, 0.4) is 0 Å². The fourth-order valence-electron chi connectivity index (χ4n) is 8.97. The van der Waals surface area contributed by atoms with Crippen molar-refractivity contribution in [2.24, 2.45) is 11.8 Å². The molecule has 5 heterocycles. The predicted octanol–water partition coefficient (Wildman–Crippen LogP) is 8.02. The van der Waals surface area contributed by atoms with Gasteiger partial charge in [-0.1, -0.05) is 30.3 Å². The third-order valence-electron chi connectivity index (χ3n) is 11.4. The lowest BCUT2D eigenvalue weighted by Crippen LogP contribution is -2.51. The number of hydrogen-bond acceptors (Lipinski definition) is 15. The summed E-state index contributed by atoms with van der Waals surface area (Å²) < 4.78 is 44.7. The molecule has 2 N–H and O–H groups in total. The van der Waals surface area contributed by atoms with E-state index in [0.717, 1.165) is 19.3 Å². The molecule has 0 spiro atoms. The minimum absolute atomic E-state index is 0.0128. The van der Waals surface area contributed by atoms with Gasteiger partial charge in [0.15, 0.2) is 29.0 Å². The van der Waals surface area contributed by atoms with E-state index in [1.54, 1.807) is 73.2 Å². The van der Waals surface area contributed by atoms with E-state index < -0.39 is 76.9 Å². The van der Waals surface area contributed by atoms with Crippen LogP contribution in [0.4, 0.5) is 20.2 Å². The van der Waals surface area contributed by atoms with Crippen molar-refractivity contribution in [2.45, 2.75) is 181 Å². The quantitative estimate of drug-likeness (QED) is 0.116. The monoisotopic (exact) mass is 965 g/mol. The molecule has 19 heteroatoms. The Hall–Kier alpha value is -5.11. The molecule has 0 radical (unpaired) electrons. The summed E-state index contributed by atoms with van der Waals surface area (Å²) in [4.78, 5) is 71.1. The third-order valence-corrected chi connectivity index (χ3v) is 11.4. The summed E-state index contributed by atoms with van der Waals surface area (Å²) in [5.41, 5.74) is -1.10. The number of ether oxygens (including phenoxy) is 7. The molecule has 1 aromatic carbocycles. The summed E-state index contributed by atoms with van der Waals surface area (Å²) >= 11 is 0. The lowest BCUT2D eigenvalue weighted by Gasteiger charge is -2.41. The average molecular weight is 965 g/mol. The van der Waals surface area contributed by atoms with Crippen molar-refractivity contribution in [3.05, 3.63) is 48.5 Å². The molecule has 3 aromatic rings. The molecule has 7 atom stereocenters. The van der Waals surface area contributed by atoms with Gasteiger partial charge in [-0.15, -0.1) is 0 Å². The van der Waals surface area contributed by atoms with Gasteiger partial charge in [0.1, 0.15) is 53.1 Å². The Morgan fingerprint density at radius 2 is 1.41 bits per heavy atom. The Morgan fingerprint density at radius 1 is 0.783 bits per heavy atom. The highest BCUT2D eigenvalue weighted by atomic mass is 16.8. The molecule has 19 nitrogen and oxygen atoms in total. The Kier molecular flexibility index (Phi) is 16.3. The second-order valence-corrected chi connectivity index (χ2v) is 23.0. The minimum atomic E-state index is -1.06. The number of esters is 1. The number of imidazole rings is 1. The highest BCUT2D eigenvalue weighted by molar-refractivity contribution is 5.93. The van der Waals surface area contributed by atoms with Crippen molar-refractivity contribution < 1.29 is 52.3 Å². The summed E-state index contributed by atoms with van der Waals surface area (Å²) in [7, 11) is 0. The lowest BCUT2D eigenvalue weighted by molar-refractivity contribution is -0.198. The number of fused-ring (bicyclic) bond motifs is 2. The van der Waals surface area contributed by atoms with Crippen LogP contribution in [0.25, 0.3) is 11.2 Å². The van der Waals surface area contributed by atoms with E-state index in [-0.39, 0.29) is 30.2 Å². The van der Waals surface area contributed by atoms with Gasteiger partial charge in [-0.25, -0.2) is 34.1 Å². The van der Waals surface area contributed by atoms with Gasteiger partial charge in [0, 0.05) is 32.7 Å². The highest BCUT2D eigenvalue weighted by Crippen LogP contribution is 2.44. The van der Waals surface area contributed by atoms with Crippen LogP contribution in [-0.4, -0.2) is 139 Å². The van der Waals surface area contributed by atoms with E-state index in [1.165, 1.54) is 11.9 Å². The zero-order valence-electron chi connectivity index (χ0n) is 43.1. The van der Waals surface area contributed by atoms with Crippen LogP contribution in [0, 0.1) is 11.8 Å². The Morgan fingerprint density at radius 3 is 2.06 bits per heavy atom. The summed E-state index contributed by atoms with van der Waals surface area (Å²) in [5.74, 6) is -1.23.